The SMILES string of the molecule is CCOCCn1c(=NC(=O)c2ccc(S(=O)(=O)N(CC)CC)cc2)sc2cccc(Cl)c21. The van der Waals surface area contributed by atoms with Crippen LogP contribution in [0.5, 0.6) is 0 Å². The molecule has 0 fully saturated rings. The third-order valence-electron chi connectivity index (χ3n) is 4.96. The van der Waals surface area contributed by atoms with Gasteiger partial charge >= 0.3 is 0 Å². The van der Waals surface area contributed by atoms with Gasteiger partial charge < -0.3 is 9.30 Å². The number of nitrogens with zero attached hydrogens (tertiary/aromatic N) is 3. The number of sulfonamides is 1. The van der Waals surface area contributed by atoms with Gasteiger partial charge in [0, 0.05) is 31.8 Å². The fourth-order valence-corrected chi connectivity index (χ4v) is 6.19. The summed E-state index contributed by atoms with van der Waals surface area (Å²) < 4.78 is 35.0. The van der Waals surface area contributed by atoms with Gasteiger partial charge in [-0.3, -0.25) is 4.79 Å². The second-order valence-electron chi connectivity index (χ2n) is 6.85. The number of hydrogen-bond donors (Lipinski definition) is 0. The summed E-state index contributed by atoms with van der Waals surface area (Å²) in [7, 11) is -3.58. The lowest BCUT2D eigenvalue weighted by Gasteiger charge is -2.18. The highest BCUT2D eigenvalue weighted by atomic mass is 35.5. The quantitative estimate of drug-likeness (QED) is 0.417. The fourth-order valence-electron chi connectivity index (χ4n) is 3.31. The molecule has 1 amide bonds. The lowest BCUT2D eigenvalue weighted by molar-refractivity contribution is 0.0996. The monoisotopic (exact) mass is 495 g/mol. The van der Waals surface area contributed by atoms with Crippen LogP contribution in [0.15, 0.2) is 52.4 Å². The van der Waals surface area contributed by atoms with Gasteiger partial charge in [0.25, 0.3) is 5.91 Å². The molecule has 32 heavy (non-hydrogen) atoms. The molecule has 0 N–H and O–H groups in total. The summed E-state index contributed by atoms with van der Waals surface area (Å²) in [4.78, 5) is 17.8. The number of fused-ring (bicyclic) bond motifs is 1. The molecule has 3 aromatic rings. The Hall–Kier alpha value is -2.04. The third kappa shape index (κ3) is 5.13. The number of aromatic nitrogens is 1. The van der Waals surface area contributed by atoms with Gasteiger partial charge in [0.05, 0.1) is 26.7 Å². The first-order chi connectivity index (χ1) is 15.3. The van der Waals surface area contributed by atoms with E-state index in [9.17, 15) is 13.2 Å². The molecular formula is C22H26ClN3O4S2. The molecule has 10 heteroatoms. The molecule has 1 aromatic heterocycles. The number of thiazole rings is 1. The first-order valence-electron chi connectivity index (χ1n) is 10.4. The van der Waals surface area contributed by atoms with Gasteiger partial charge in [-0.1, -0.05) is 42.9 Å². The number of carbonyl (C=O) groups excluding carboxylic acids is 1. The Bertz CT molecular complexity index is 1260. The molecule has 3 rings (SSSR count). The Labute approximate surface area is 197 Å². The van der Waals surface area contributed by atoms with E-state index < -0.39 is 15.9 Å². The molecule has 0 aliphatic heterocycles. The van der Waals surface area contributed by atoms with E-state index in [-0.39, 0.29) is 4.90 Å². The van der Waals surface area contributed by atoms with Crippen molar-refractivity contribution in [3.63, 3.8) is 0 Å². The number of carbonyl (C=O) groups is 1. The zero-order chi connectivity index (χ0) is 23.3. The maximum absolute atomic E-state index is 12.9. The second kappa shape index (κ2) is 10.7. The van der Waals surface area contributed by atoms with Crippen molar-refractivity contribution in [2.24, 2.45) is 4.99 Å². The molecule has 7 nitrogen and oxygen atoms in total. The molecule has 0 atom stereocenters. The van der Waals surface area contributed by atoms with E-state index in [4.69, 9.17) is 16.3 Å². The van der Waals surface area contributed by atoms with Crippen LogP contribution < -0.4 is 4.80 Å². The number of ether oxygens (including phenoxy) is 1. The van der Waals surface area contributed by atoms with Gasteiger partial charge in [-0.25, -0.2) is 8.42 Å². The van der Waals surface area contributed by atoms with E-state index in [1.807, 2.05) is 23.6 Å². The van der Waals surface area contributed by atoms with Gasteiger partial charge in [-0.05, 0) is 43.3 Å². The van der Waals surface area contributed by atoms with Crippen LogP contribution in [0.3, 0.4) is 0 Å². The summed E-state index contributed by atoms with van der Waals surface area (Å²) in [5, 5.41) is 0.579. The van der Waals surface area contributed by atoms with Crippen molar-refractivity contribution < 1.29 is 17.9 Å². The highest BCUT2D eigenvalue weighted by Crippen LogP contribution is 2.25. The number of rotatable bonds is 9. The zero-order valence-electron chi connectivity index (χ0n) is 18.2. The topological polar surface area (TPSA) is 81.0 Å². The van der Waals surface area contributed by atoms with Crippen LogP contribution in [0.1, 0.15) is 31.1 Å². The Morgan fingerprint density at radius 3 is 2.44 bits per heavy atom. The van der Waals surface area contributed by atoms with Gasteiger partial charge in [-0.15, -0.1) is 0 Å². The van der Waals surface area contributed by atoms with Crippen LogP contribution in [0, 0.1) is 0 Å². The Morgan fingerprint density at radius 2 is 1.81 bits per heavy atom. The van der Waals surface area contributed by atoms with Crippen molar-refractivity contribution in [2.75, 3.05) is 26.3 Å². The molecule has 172 valence electrons. The summed E-state index contributed by atoms with van der Waals surface area (Å²) in [5.74, 6) is -0.454. The molecule has 0 unspecified atom stereocenters. The largest absolute Gasteiger partial charge is 0.380 e. The molecule has 0 spiro atoms. The molecule has 0 saturated heterocycles. The third-order valence-corrected chi connectivity index (χ3v) is 8.37. The zero-order valence-corrected chi connectivity index (χ0v) is 20.6. The van der Waals surface area contributed by atoms with E-state index in [0.29, 0.717) is 48.2 Å². The minimum atomic E-state index is -3.58. The first-order valence-corrected chi connectivity index (χ1v) is 13.0. The van der Waals surface area contributed by atoms with Crippen molar-refractivity contribution in [1.29, 1.82) is 0 Å². The summed E-state index contributed by atoms with van der Waals surface area (Å²) in [5.41, 5.74) is 1.12. The van der Waals surface area contributed by atoms with E-state index >= 15 is 0 Å². The van der Waals surface area contributed by atoms with E-state index in [1.165, 1.54) is 39.9 Å². The number of benzene rings is 2. The molecule has 2 aromatic carbocycles. The molecule has 0 bridgehead atoms. The molecule has 0 aliphatic rings. The van der Waals surface area contributed by atoms with Crippen LogP contribution >= 0.6 is 22.9 Å². The fraction of sp³-hybridized carbons (Fsp3) is 0.364. The smallest absolute Gasteiger partial charge is 0.279 e. The van der Waals surface area contributed by atoms with Gasteiger partial charge in [0.1, 0.15) is 0 Å². The van der Waals surface area contributed by atoms with Gasteiger partial charge in [0.2, 0.25) is 10.0 Å². The summed E-state index contributed by atoms with van der Waals surface area (Å²) >= 11 is 7.78. The summed E-state index contributed by atoms with van der Waals surface area (Å²) in [6, 6.07) is 11.5. The normalized spacial score (nSPS) is 12.7. The van der Waals surface area contributed by atoms with Crippen molar-refractivity contribution in [2.45, 2.75) is 32.2 Å². The van der Waals surface area contributed by atoms with Crippen molar-refractivity contribution in [3.05, 3.63) is 57.9 Å². The highest BCUT2D eigenvalue weighted by Gasteiger charge is 2.21. The lowest BCUT2D eigenvalue weighted by Crippen LogP contribution is -2.30. The van der Waals surface area contributed by atoms with Crippen LogP contribution in [-0.4, -0.2) is 49.5 Å². The minimum absolute atomic E-state index is 0.151. The number of amides is 1. The molecule has 0 aliphatic carbocycles. The van der Waals surface area contributed by atoms with Gasteiger partial charge in [-0.2, -0.15) is 9.30 Å². The molecular weight excluding hydrogens is 470 g/mol. The van der Waals surface area contributed by atoms with E-state index in [1.54, 1.807) is 19.9 Å². The maximum Gasteiger partial charge on any atom is 0.279 e. The Balaban J connectivity index is 1.98. The Morgan fingerprint density at radius 1 is 1.12 bits per heavy atom. The number of halogens is 1. The van der Waals surface area contributed by atoms with E-state index in [2.05, 4.69) is 4.99 Å². The average Bonchev–Trinajstić information content (AvgIpc) is 3.13. The van der Waals surface area contributed by atoms with Gasteiger partial charge in [0.15, 0.2) is 4.80 Å². The maximum atomic E-state index is 12.9. The molecule has 0 radical (unpaired) electrons. The minimum Gasteiger partial charge on any atom is -0.380 e. The standard InChI is InChI=1S/C22H26ClN3O4S2/c1-4-25(5-2)32(28,29)17-12-10-16(11-13-17)21(27)24-22-26(14-15-30-6-3)20-18(23)8-7-9-19(20)31-22/h7-13H,4-6,14-15H2,1-3H3. The second-order valence-corrected chi connectivity index (χ2v) is 10.2. The predicted molar refractivity (Wildman–Crippen MR) is 128 cm³/mol. The highest BCUT2D eigenvalue weighted by molar-refractivity contribution is 7.89. The van der Waals surface area contributed by atoms with Crippen LogP contribution in [-0.2, 0) is 21.3 Å². The predicted octanol–water partition coefficient (Wildman–Crippen LogP) is 4.16. The van der Waals surface area contributed by atoms with Crippen molar-refractivity contribution >= 4 is 49.1 Å². The summed E-state index contributed by atoms with van der Waals surface area (Å²) in [6.07, 6.45) is 0. The van der Waals surface area contributed by atoms with Crippen molar-refractivity contribution in [1.82, 2.24) is 8.87 Å². The van der Waals surface area contributed by atoms with Crippen LogP contribution in [0.25, 0.3) is 10.2 Å². The summed E-state index contributed by atoms with van der Waals surface area (Å²) in [6.45, 7) is 7.81. The molecule has 0 saturated carbocycles. The number of hydrogen-bond acceptors (Lipinski definition) is 5. The lowest BCUT2D eigenvalue weighted by atomic mass is 10.2. The molecule has 1 heterocycles. The van der Waals surface area contributed by atoms with Crippen LogP contribution in [0.2, 0.25) is 5.02 Å². The van der Waals surface area contributed by atoms with Crippen molar-refractivity contribution in [3.8, 4) is 0 Å². The first kappa shape index (κ1) is 24.6. The van der Waals surface area contributed by atoms with E-state index in [0.717, 1.165) is 10.2 Å². The average molecular weight is 496 g/mol. The van der Waals surface area contributed by atoms with Crippen LogP contribution in [0.4, 0.5) is 0 Å². The number of para-hydroxylation sites is 1. The Kier molecular flexibility index (Phi) is 8.24.